The van der Waals surface area contributed by atoms with Crippen LogP contribution in [0.4, 0.5) is 8.78 Å². The Hall–Kier alpha value is -1.45. The summed E-state index contributed by atoms with van der Waals surface area (Å²) >= 11 is 0. The molecule has 0 aliphatic heterocycles. The maximum Gasteiger partial charge on any atom is 0.397 e. The summed E-state index contributed by atoms with van der Waals surface area (Å²) in [7, 11) is 0. The number of hydrogen-bond acceptors (Lipinski definition) is 2. The zero-order valence-electron chi connectivity index (χ0n) is 15.4. The van der Waals surface area contributed by atoms with Gasteiger partial charge in [0.1, 0.15) is 0 Å². The van der Waals surface area contributed by atoms with Crippen LogP contribution >= 0.6 is 0 Å². The van der Waals surface area contributed by atoms with Gasteiger partial charge in [-0.25, -0.2) is 4.79 Å². The minimum absolute atomic E-state index is 0.176. The van der Waals surface area contributed by atoms with Crippen LogP contribution in [-0.2, 0) is 4.74 Å². The summed E-state index contributed by atoms with van der Waals surface area (Å²) in [6, 6.07) is 6.97. The van der Waals surface area contributed by atoms with Crippen LogP contribution in [-0.4, -0.2) is 12.1 Å². The Morgan fingerprint density at radius 2 is 1.72 bits per heavy atom. The van der Waals surface area contributed by atoms with Crippen LogP contribution in [0.5, 0.6) is 0 Å². The molecule has 2 nitrogen and oxygen atoms in total. The standard InChI is InChI=1S/C21H30F2O2/c1-3-4-5-6-7-16-8-10-17(11-9-16)18-12-14-19(15-13-18)20(24)25-21(2,22)23/h12-17H,3-11H2,1-2H3. The van der Waals surface area contributed by atoms with Gasteiger partial charge in [-0.2, -0.15) is 8.78 Å². The first-order chi connectivity index (χ1) is 11.9. The predicted molar refractivity (Wildman–Crippen MR) is 95.9 cm³/mol. The first-order valence-corrected chi connectivity index (χ1v) is 9.60. The smallest absolute Gasteiger partial charge is 0.397 e. The van der Waals surface area contributed by atoms with Crippen molar-refractivity contribution in [1.82, 2.24) is 0 Å². The first-order valence-electron chi connectivity index (χ1n) is 9.60. The van der Waals surface area contributed by atoms with Crippen molar-refractivity contribution in [3.63, 3.8) is 0 Å². The summed E-state index contributed by atoms with van der Waals surface area (Å²) in [5.74, 6) is 0.397. The maximum atomic E-state index is 12.8. The number of carbonyl (C=O) groups excluding carboxylic acids is 1. The lowest BCUT2D eigenvalue weighted by Crippen LogP contribution is -2.21. The molecule has 0 radical (unpaired) electrons. The van der Waals surface area contributed by atoms with Gasteiger partial charge >= 0.3 is 12.1 Å². The summed E-state index contributed by atoms with van der Waals surface area (Å²) in [6.07, 6.45) is 8.12. The summed E-state index contributed by atoms with van der Waals surface area (Å²) in [5.41, 5.74) is 1.37. The molecule has 0 unspecified atom stereocenters. The van der Waals surface area contributed by atoms with Crippen molar-refractivity contribution in [3.05, 3.63) is 35.4 Å². The highest BCUT2D eigenvalue weighted by molar-refractivity contribution is 5.89. The number of halogens is 2. The monoisotopic (exact) mass is 352 g/mol. The molecule has 2 rings (SSSR count). The highest BCUT2D eigenvalue weighted by atomic mass is 19.3. The van der Waals surface area contributed by atoms with E-state index in [4.69, 9.17) is 0 Å². The average molecular weight is 352 g/mol. The number of carbonyl (C=O) groups is 1. The number of alkyl halides is 2. The van der Waals surface area contributed by atoms with E-state index in [1.165, 1.54) is 63.4 Å². The second-order valence-corrected chi connectivity index (χ2v) is 7.39. The first kappa shape index (κ1) is 19.9. The molecule has 0 bridgehead atoms. The molecule has 4 heteroatoms. The van der Waals surface area contributed by atoms with Crippen LogP contribution in [0.15, 0.2) is 24.3 Å². The number of unbranched alkanes of at least 4 members (excludes halogenated alkanes) is 3. The van der Waals surface area contributed by atoms with E-state index in [9.17, 15) is 13.6 Å². The lowest BCUT2D eigenvalue weighted by atomic mass is 9.77. The van der Waals surface area contributed by atoms with Crippen molar-refractivity contribution in [3.8, 4) is 0 Å². The molecule has 1 fully saturated rings. The molecule has 1 aromatic carbocycles. The molecule has 140 valence electrons. The van der Waals surface area contributed by atoms with Gasteiger partial charge in [-0.1, -0.05) is 51.2 Å². The molecule has 0 amide bonds. The third-order valence-electron chi connectivity index (χ3n) is 5.20. The van der Waals surface area contributed by atoms with Gasteiger partial charge in [0.2, 0.25) is 0 Å². The highest BCUT2D eigenvalue weighted by Crippen LogP contribution is 2.37. The fourth-order valence-electron chi connectivity index (χ4n) is 3.76. The molecular formula is C21H30F2O2. The quantitative estimate of drug-likeness (QED) is 0.384. The molecule has 0 aromatic heterocycles. The van der Waals surface area contributed by atoms with Gasteiger partial charge in [0.25, 0.3) is 0 Å². The summed E-state index contributed by atoms with van der Waals surface area (Å²) < 4.78 is 29.6. The van der Waals surface area contributed by atoms with Crippen molar-refractivity contribution in [2.24, 2.45) is 5.92 Å². The molecule has 1 aliphatic rings. The number of esters is 1. The second kappa shape index (κ2) is 9.30. The van der Waals surface area contributed by atoms with Crippen molar-refractivity contribution in [2.75, 3.05) is 0 Å². The van der Waals surface area contributed by atoms with E-state index in [-0.39, 0.29) is 5.56 Å². The van der Waals surface area contributed by atoms with Crippen molar-refractivity contribution in [2.45, 2.75) is 83.7 Å². The van der Waals surface area contributed by atoms with Gasteiger partial charge in [0.15, 0.2) is 0 Å². The molecule has 0 heterocycles. The molecular weight excluding hydrogens is 322 g/mol. The molecule has 0 N–H and O–H groups in total. The van der Waals surface area contributed by atoms with E-state index in [0.717, 1.165) is 5.92 Å². The summed E-state index contributed by atoms with van der Waals surface area (Å²) in [5, 5.41) is 0. The van der Waals surface area contributed by atoms with E-state index in [1.54, 1.807) is 12.1 Å². The van der Waals surface area contributed by atoms with Crippen molar-refractivity contribution < 1.29 is 18.3 Å². The van der Waals surface area contributed by atoms with Crippen LogP contribution in [0.3, 0.4) is 0 Å². The minimum Gasteiger partial charge on any atom is -0.397 e. The zero-order chi connectivity index (χ0) is 18.3. The Labute approximate surface area is 150 Å². The van der Waals surface area contributed by atoms with Gasteiger partial charge in [-0.15, -0.1) is 0 Å². The average Bonchev–Trinajstić information content (AvgIpc) is 2.58. The lowest BCUT2D eigenvalue weighted by Gasteiger charge is -2.29. The van der Waals surface area contributed by atoms with E-state index >= 15 is 0 Å². The Kier molecular flexibility index (Phi) is 7.39. The van der Waals surface area contributed by atoms with Crippen molar-refractivity contribution in [1.29, 1.82) is 0 Å². The van der Waals surface area contributed by atoms with Gasteiger partial charge in [0, 0.05) is 6.92 Å². The molecule has 1 aromatic rings. The van der Waals surface area contributed by atoms with Crippen LogP contribution in [0.25, 0.3) is 0 Å². The topological polar surface area (TPSA) is 26.3 Å². The predicted octanol–water partition coefficient (Wildman–Crippen LogP) is 6.70. The largest absolute Gasteiger partial charge is 0.397 e. The number of benzene rings is 1. The molecule has 1 saturated carbocycles. The number of ether oxygens (including phenoxy) is 1. The number of hydrogen-bond donors (Lipinski definition) is 0. The Balaban J connectivity index is 1.80. The van der Waals surface area contributed by atoms with E-state index in [2.05, 4.69) is 11.7 Å². The van der Waals surface area contributed by atoms with Gasteiger partial charge in [-0.3, -0.25) is 0 Å². The molecule has 1 aliphatic carbocycles. The van der Waals surface area contributed by atoms with E-state index < -0.39 is 12.1 Å². The highest BCUT2D eigenvalue weighted by Gasteiger charge is 2.27. The second-order valence-electron chi connectivity index (χ2n) is 7.39. The maximum absolute atomic E-state index is 12.8. The van der Waals surface area contributed by atoms with Gasteiger partial charge in [0.05, 0.1) is 5.56 Å². The van der Waals surface area contributed by atoms with E-state index in [1.807, 2.05) is 12.1 Å². The Morgan fingerprint density at radius 3 is 2.28 bits per heavy atom. The summed E-state index contributed by atoms with van der Waals surface area (Å²) in [6.45, 7) is 2.81. The van der Waals surface area contributed by atoms with Crippen molar-refractivity contribution >= 4 is 5.97 Å². The van der Waals surface area contributed by atoms with E-state index in [0.29, 0.717) is 12.8 Å². The van der Waals surface area contributed by atoms with Crippen LogP contribution in [0.1, 0.15) is 93.5 Å². The third kappa shape index (κ3) is 6.75. The van der Waals surface area contributed by atoms with Gasteiger partial charge in [-0.05, 0) is 55.2 Å². The minimum atomic E-state index is -3.44. The fraction of sp³-hybridized carbons (Fsp3) is 0.667. The third-order valence-corrected chi connectivity index (χ3v) is 5.20. The normalized spacial score (nSPS) is 21.1. The van der Waals surface area contributed by atoms with Gasteiger partial charge < -0.3 is 4.74 Å². The Bertz CT molecular complexity index is 526. The van der Waals surface area contributed by atoms with Crippen LogP contribution in [0, 0.1) is 5.92 Å². The number of rotatable bonds is 8. The SMILES string of the molecule is CCCCCCC1CCC(c2ccc(C(=O)OC(C)(F)F)cc2)CC1. The summed E-state index contributed by atoms with van der Waals surface area (Å²) in [4.78, 5) is 11.6. The molecule has 0 atom stereocenters. The lowest BCUT2D eigenvalue weighted by molar-refractivity contribution is -0.185. The Morgan fingerprint density at radius 1 is 1.08 bits per heavy atom. The molecule has 0 saturated heterocycles. The zero-order valence-corrected chi connectivity index (χ0v) is 15.4. The van der Waals surface area contributed by atoms with Crippen LogP contribution < -0.4 is 0 Å². The molecule has 25 heavy (non-hydrogen) atoms. The fourth-order valence-corrected chi connectivity index (χ4v) is 3.76. The van der Waals surface area contributed by atoms with Crippen LogP contribution in [0.2, 0.25) is 0 Å². The molecule has 0 spiro atoms.